The molecule has 1 aromatic rings. The largest absolute Gasteiger partial charge is 0.416 e. The van der Waals surface area contributed by atoms with Crippen molar-refractivity contribution in [1.29, 1.82) is 0 Å². The second kappa shape index (κ2) is 4.08. The normalized spacial score (nSPS) is 11.3. The van der Waals surface area contributed by atoms with Gasteiger partial charge < -0.3 is 0 Å². The number of benzene rings is 1. The van der Waals surface area contributed by atoms with Gasteiger partial charge in [-0.15, -0.1) is 0 Å². The van der Waals surface area contributed by atoms with Crippen LogP contribution >= 0.6 is 0 Å². The molecule has 0 aliphatic heterocycles. The molecule has 0 aromatic heterocycles. The summed E-state index contributed by atoms with van der Waals surface area (Å²) < 4.78 is 37.7. The fourth-order valence-electron chi connectivity index (χ4n) is 1.46. The lowest BCUT2D eigenvalue weighted by molar-refractivity contribution is -0.138. The summed E-state index contributed by atoms with van der Waals surface area (Å²) in [6.07, 6.45) is -4.27. The number of aldehydes is 1. The van der Waals surface area contributed by atoms with Gasteiger partial charge in [-0.05, 0) is 31.5 Å². The minimum atomic E-state index is -4.56. The smallest absolute Gasteiger partial charge is 0.298 e. The topological polar surface area (TPSA) is 34.1 Å². The third kappa shape index (κ3) is 2.29. The Labute approximate surface area is 90.1 Å². The van der Waals surface area contributed by atoms with Crippen LogP contribution < -0.4 is 0 Å². The van der Waals surface area contributed by atoms with Crippen molar-refractivity contribution in [1.82, 2.24) is 0 Å². The minimum Gasteiger partial charge on any atom is -0.298 e. The number of Topliss-reactive ketones (excluding diaryl/α,β-unsaturated/α-hetero) is 1. The summed E-state index contributed by atoms with van der Waals surface area (Å²) in [7, 11) is 0. The molecular formula is C11H9F3O2. The molecule has 0 heterocycles. The third-order valence-corrected chi connectivity index (χ3v) is 2.25. The summed E-state index contributed by atoms with van der Waals surface area (Å²) in [6.45, 7) is 2.38. The molecule has 0 fully saturated rings. The first-order valence-corrected chi connectivity index (χ1v) is 4.45. The Balaban J connectivity index is 3.56. The van der Waals surface area contributed by atoms with Gasteiger partial charge >= 0.3 is 6.18 Å². The fourth-order valence-corrected chi connectivity index (χ4v) is 1.46. The van der Waals surface area contributed by atoms with E-state index in [0.29, 0.717) is 6.29 Å². The zero-order valence-electron chi connectivity index (χ0n) is 8.68. The number of alkyl halides is 3. The maximum atomic E-state index is 12.6. The summed E-state index contributed by atoms with van der Waals surface area (Å²) in [5, 5.41) is 0. The van der Waals surface area contributed by atoms with Crippen LogP contribution in [0.4, 0.5) is 13.2 Å². The molecule has 86 valence electrons. The monoisotopic (exact) mass is 230 g/mol. The van der Waals surface area contributed by atoms with Gasteiger partial charge in [0.05, 0.1) is 5.56 Å². The Morgan fingerprint density at radius 3 is 2.25 bits per heavy atom. The average molecular weight is 230 g/mol. The number of halogens is 3. The first-order chi connectivity index (χ1) is 7.27. The van der Waals surface area contributed by atoms with Crippen LogP contribution in [0.2, 0.25) is 0 Å². The first kappa shape index (κ1) is 12.4. The van der Waals surface area contributed by atoms with Crippen LogP contribution in [0.1, 0.15) is 38.8 Å². The number of carbonyl (C=O) groups excluding carboxylic acids is 2. The number of hydrogen-bond acceptors (Lipinski definition) is 2. The van der Waals surface area contributed by atoms with E-state index in [2.05, 4.69) is 0 Å². The van der Waals surface area contributed by atoms with Gasteiger partial charge in [0.25, 0.3) is 0 Å². The second-order valence-electron chi connectivity index (χ2n) is 3.41. The standard InChI is InChI=1S/C11H9F3O2/c1-6-9(7(2)16)3-8(5-15)4-10(6)11(12,13)14/h3-5H,1-2H3. The van der Waals surface area contributed by atoms with Gasteiger partial charge in [0.1, 0.15) is 6.29 Å². The van der Waals surface area contributed by atoms with E-state index in [0.717, 1.165) is 13.0 Å². The summed E-state index contributed by atoms with van der Waals surface area (Å²) >= 11 is 0. The SMILES string of the molecule is CC(=O)c1cc(C=O)cc(C(F)(F)F)c1C. The Bertz CT molecular complexity index is 447. The highest BCUT2D eigenvalue weighted by molar-refractivity contribution is 5.97. The Kier molecular flexibility index (Phi) is 3.16. The van der Waals surface area contributed by atoms with Crippen LogP contribution in [0, 0.1) is 6.92 Å². The molecule has 0 radical (unpaired) electrons. The summed E-state index contributed by atoms with van der Waals surface area (Å²) in [4.78, 5) is 21.6. The van der Waals surface area contributed by atoms with Crippen LogP contribution in [0.15, 0.2) is 12.1 Å². The maximum absolute atomic E-state index is 12.6. The molecule has 5 heteroatoms. The lowest BCUT2D eigenvalue weighted by Gasteiger charge is -2.13. The van der Waals surface area contributed by atoms with Gasteiger partial charge in [-0.1, -0.05) is 0 Å². The van der Waals surface area contributed by atoms with E-state index < -0.39 is 17.5 Å². The zero-order chi connectivity index (χ0) is 12.5. The van der Waals surface area contributed by atoms with Crippen molar-refractivity contribution >= 4 is 12.1 Å². The quantitative estimate of drug-likeness (QED) is 0.578. The Morgan fingerprint density at radius 1 is 1.31 bits per heavy atom. The molecule has 0 amide bonds. The van der Waals surface area contributed by atoms with Crippen molar-refractivity contribution in [3.05, 3.63) is 34.4 Å². The highest BCUT2D eigenvalue weighted by Gasteiger charge is 2.34. The molecule has 1 rings (SSSR count). The van der Waals surface area contributed by atoms with E-state index >= 15 is 0 Å². The van der Waals surface area contributed by atoms with E-state index in [9.17, 15) is 22.8 Å². The molecule has 0 aliphatic carbocycles. The van der Waals surface area contributed by atoms with E-state index in [1.165, 1.54) is 13.0 Å². The molecular weight excluding hydrogens is 221 g/mol. The Hall–Kier alpha value is -1.65. The molecule has 0 atom stereocenters. The zero-order valence-corrected chi connectivity index (χ0v) is 8.68. The van der Waals surface area contributed by atoms with Crippen molar-refractivity contribution in [3.8, 4) is 0 Å². The molecule has 0 spiro atoms. The van der Waals surface area contributed by atoms with Crippen LogP contribution in [-0.4, -0.2) is 12.1 Å². The average Bonchev–Trinajstić information content (AvgIpc) is 2.15. The van der Waals surface area contributed by atoms with Gasteiger partial charge in [-0.25, -0.2) is 0 Å². The third-order valence-electron chi connectivity index (χ3n) is 2.25. The predicted molar refractivity (Wildman–Crippen MR) is 51.6 cm³/mol. The molecule has 1 aromatic carbocycles. The van der Waals surface area contributed by atoms with E-state index in [4.69, 9.17) is 0 Å². The molecule has 0 bridgehead atoms. The molecule has 0 aliphatic rings. The van der Waals surface area contributed by atoms with Crippen LogP contribution in [0.3, 0.4) is 0 Å². The second-order valence-corrected chi connectivity index (χ2v) is 3.41. The molecule has 16 heavy (non-hydrogen) atoms. The van der Waals surface area contributed by atoms with Gasteiger partial charge in [0.15, 0.2) is 5.78 Å². The summed E-state index contributed by atoms with van der Waals surface area (Å²) in [6, 6.07) is 1.91. The number of ketones is 1. The van der Waals surface area contributed by atoms with Gasteiger partial charge in [0, 0.05) is 11.1 Å². The summed E-state index contributed by atoms with van der Waals surface area (Å²) in [5.74, 6) is -0.494. The van der Waals surface area contributed by atoms with Crippen molar-refractivity contribution in [2.45, 2.75) is 20.0 Å². The Morgan fingerprint density at radius 2 is 1.88 bits per heavy atom. The van der Waals surface area contributed by atoms with Crippen molar-refractivity contribution in [3.63, 3.8) is 0 Å². The van der Waals surface area contributed by atoms with Gasteiger partial charge in [-0.3, -0.25) is 9.59 Å². The highest BCUT2D eigenvalue weighted by Crippen LogP contribution is 2.33. The van der Waals surface area contributed by atoms with Crippen LogP contribution in [0.5, 0.6) is 0 Å². The maximum Gasteiger partial charge on any atom is 0.416 e. The van der Waals surface area contributed by atoms with Crippen LogP contribution in [-0.2, 0) is 6.18 Å². The number of hydrogen-bond donors (Lipinski definition) is 0. The van der Waals surface area contributed by atoms with E-state index in [-0.39, 0.29) is 16.7 Å². The number of rotatable bonds is 2. The van der Waals surface area contributed by atoms with Crippen molar-refractivity contribution in [2.24, 2.45) is 0 Å². The van der Waals surface area contributed by atoms with Gasteiger partial charge in [0.2, 0.25) is 0 Å². The molecule has 0 saturated heterocycles. The molecule has 0 saturated carbocycles. The van der Waals surface area contributed by atoms with Crippen LogP contribution in [0.25, 0.3) is 0 Å². The van der Waals surface area contributed by atoms with E-state index in [1.807, 2.05) is 0 Å². The highest BCUT2D eigenvalue weighted by atomic mass is 19.4. The number of carbonyl (C=O) groups is 2. The predicted octanol–water partition coefficient (Wildman–Crippen LogP) is 3.03. The van der Waals surface area contributed by atoms with Gasteiger partial charge in [-0.2, -0.15) is 13.2 Å². The summed E-state index contributed by atoms with van der Waals surface area (Å²) in [5.41, 5.74) is -1.31. The van der Waals surface area contributed by atoms with E-state index in [1.54, 1.807) is 0 Å². The molecule has 2 nitrogen and oxygen atoms in total. The minimum absolute atomic E-state index is 0.0723. The fraction of sp³-hybridized carbons (Fsp3) is 0.273. The van der Waals surface area contributed by atoms with Crippen molar-refractivity contribution in [2.75, 3.05) is 0 Å². The van der Waals surface area contributed by atoms with Crippen molar-refractivity contribution < 1.29 is 22.8 Å². The molecule has 0 unspecified atom stereocenters. The molecule has 0 N–H and O–H groups in total. The lowest BCUT2D eigenvalue weighted by atomic mass is 9.96. The first-order valence-electron chi connectivity index (χ1n) is 4.45. The lowest BCUT2D eigenvalue weighted by Crippen LogP contribution is -2.12.